The third kappa shape index (κ3) is 3.34. The van der Waals surface area contributed by atoms with Gasteiger partial charge < -0.3 is 10.5 Å². The maximum Gasteiger partial charge on any atom is 0.573 e. The van der Waals surface area contributed by atoms with Crippen LogP contribution in [-0.2, 0) is 17.8 Å². The highest BCUT2D eigenvalue weighted by Gasteiger charge is 2.32. The van der Waals surface area contributed by atoms with Crippen molar-refractivity contribution < 1.29 is 27.9 Å². The number of rotatable bonds is 3. The summed E-state index contributed by atoms with van der Waals surface area (Å²) >= 11 is 0. The van der Waals surface area contributed by atoms with E-state index in [1.54, 1.807) is 6.20 Å². The Labute approximate surface area is 134 Å². The van der Waals surface area contributed by atoms with Crippen molar-refractivity contribution in [1.29, 1.82) is 0 Å². The molecular weight excluding hydrogens is 329 g/mol. The van der Waals surface area contributed by atoms with Crippen molar-refractivity contribution in [3.63, 3.8) is 0 Å². The van der Waals surface area contributed by atoms with Crippen molar-refractivity contribution in [1.82, 2.24) is 9.78 Å². The van der Waals surface area contributed by atoms with E-state index in [1.807, 2.05) is 0 Å². The summed E-state index contributed by atoms with van der Waals surface area (Å²) in [5.74, 6) is -0.843. The number of anilines is 1. The number of carbonyl (C=O) groups is 1. The number of amides is 1. The first-order valence-electron chi connectivity index (χ1n) is 6.92. The zero-order valence-corrected chi connectivity index (χ0v) is 12.2. The number of nitrogens with two attached hydrogens (primary N) is 1. The lowest BCUT2D eigenvalue weighted by Crippen LogP contribution is -2.47. The molecule has 1 aliphatic heterocycles. The van der Waals surface area contributed by atoms with Crippen LogP contribution in [0.5, 0.6) is 5.75 Å². The van der Waals surface area contributed by atoms with Crippen LogP contribution in [0.2, 0.25) is 0 Å². The third-order valence-corrected chi connectivity index (χ3v) is 3.48. The molecule has 0 radical (unpaired) electrons. The van der Waals surface area contributed by atoms with Crippen molar-refractivity contribution in [3.8, 4) is 5.75 Å². The summed E-state index contributed by atoms with van der Waals surface area (Å²) in [6.45, 7) is 0.247. The average Bonchev–Trinajstić information content (AvgIpc) is 2.88. The second kappa shape index (κ2) is 5.80. The standard InChI is InChI=1S/C14H13F3N4O3/c15-14(16,17)24-10-3-1-8(2-4-10)6-20-7-9-5-11(18)13(22)21(23)12(9)19-20/h1-4,7,11,23H,5-6,18H2/t11-/m0/s1. The molecule has 3 rings (SSSR count). The second-order valence-corrected chi connectivity index (χ2v) is 5.33. The highest BCUT2D eigenvalue weighted by molar-refractivity contribution is 5.97. The van der Waals surface area contributed by atoms with Crippen LogP contribution >= 0.6 is 0 Å². The molecule has 7 nitrogen and oxygen atoms in total. The highest BCUT2D eigenvalue weighted by Crippen LogP contribution is 2.25. The Kier molecular flexibility index (Phi) is 3.93. The molecule has 1 amide bonds. The first-order chi connectivity index (χ1) is 11.2. The van der Waals surface area contributed by atoms with Crippen molar-refractivity contribution >= 4 is 11.7 Å². The molecule has 0 fully saturated rings. The van der Waals surface area contributed by atoms with Gasteiger partial charge in [-0.25, -0.2) is 0 Å². The first kappa shape index (κ1) is 16.3. The van der Waals surface area contributed by atoms with Crippen LogP contribution in [0.15, 0.2) is 30.5 Å². The molecule has 0 aliphatic carbocycles. The average molecular weight is 342 g/mol. The zero-order chi connectivity index (χ0) is 17.5. The first-order valence-corrected chi connectivity index (χ1v) is 6.92. The summed E-state index contributed by atoms with van der Waals surface area (Å²) in [6, 6.07) is 4.50. The molecule has 1 atom stereocenters. The van der Waals surface area contributed by atoms with Gasteiger partial charge >= 0.3 is 6.36 Å². The molecule has 0 unspecified atom stereocenters. The lowest BCUT2D eigenvalue weighted by molar-refractivity contribution is -0.274. The summed E-state index contributed by atoms with van der Waals surface area (Å²) in [7, 11) is 0. The molecule has 0 spiro atoms. The van der Waals surface area contributed by atoms with Gasteiger partial charge in [-0.2, -0.15) is 10.2 Å². The Morgan fingerprint density at radius 2 is 2.00 bits per heavy atom. The van der Waals surface area contributed by atoms with Gasteiger partial charge in [0.25, 0.3) is 5.91 Å². The van der Waals surface area contributed by atoms with Crippen LogP contribution in [0.1, 0.15) is 11.1 Å². The van der Waals surface area contributed by atoms with Gasteiger partial charge in [-0.1, -0.05) is 12.1 Å². The lowest BCUT2D eigenvalue weighted by Gasteiger charge is -2.22. The number of hydrogen-bond acceptors (Lipinski definition) is 5. The van der Waals surface area contributed by atoms with Crippen LogP contribution in [-0.4, -0.2) is 33.3 Å². The molecule has 3 N–H and O–H groups in total. The van der Waals surface area contributed by atoms with E-state index >= 15 is 0 Å². The molecule has 128 valence electrons. The van der Waals surface area contributed by atoms with Crippen LogP contribution in [0, 0.1) is 0 Å². The number of aromatic nitrogens is 2. The van der Waals surface area contributed by atoms with Gasteiger partial charge in [-0.05, 0) is 17.7 Å². The molecule has 0 bridgehead atoms. The van der Waals surface area contributed by atoms with Gasteiger partial charge in [0.1, 0.15) is 5.75 Å². The largest absolute Gasteiger partial charge is 0.573 e. The van der Waals surface area contributed by atoms with Gasteiger partial charge in [0.05, 0.1) is 12.6 Å². The van der Waals surface area contributed by atoms with E-state index in [9.17, 15) is 23.2 Å². The molecule has 1 aromatic heterocycles. The van der Waals surface area contributed by atoms with Crippen molar-refractivity contribution in [2.45, 2.75) is 25.4 Å². The van der Waals surface area contributed by atoms with E-state index in [2.05, 4.69) is 9.84 Å². The Morgan fingerprint density at radius 1 is 1.33 bits per heavy atom. The summed E-state index contributed by atoms with van der Waals surface area (Å²) in [5, 5.41) is 14.2. The van der Waals surface area contributed by atoms with E-state index in [0.717, 1.165) is 0 Å². The normalized spacial score (nSPS) is 17.8. The molecule has 10 heteroatoms. The van der Waals surface area contributed by atoms with E-state index in [1.165, 1.54) is 28.9 Å². The Balaban J connectivity index is 1.75. The number of benzene rings is 1. The van der Waals surface area contributed by atoms with Crippen molar-refractivity contribution in [2.24, 2.45) is 5.73 Å². The number of carbonyl (C=O) groups excluding carboxylic acids is 1. The Bertz CT molecular complexity index is 758. The second-order valence-electron chi connectivity index (χ2n) is 5.33. The van der Waals surface area contributed by atoms with E-state index in [-0.39, 0.29) is 24.5 Å². The molecule has 0 saturated carbocycles. The van der Waals surface area contributed by atoms with Gasteiger partial charge in [-0.15, -0.1) is 13.2 Å². The Hall–Kier alpha value is -2.59. The summed E-state index contributed by atoms with van der Waals surface area (Å²) < 4.78 is 41.6. The molecule has 2 aromatic rings. The SMILES string of the molecule is N[C@H]1Cc2cn(Cc3ccc(OC(F)(F)F)cc3)nc2N(O)C1=O. The van der Waals surface area contributed by atoms with Gasteiger partial charge in [0.15, 0.2) is 5.82 Å². The smallest absolute Gasteiger partial charge is 0.406 e. The summed E-state index contributed by atoms with van der Waals surface area (Å²) in [5.41, 5.74) is 6.90. The number of nitrogens with zero attached hydrogens (tertiary/aromatic N) is 3. The fourth-order valence-electron chi connectivity index (χ4n) is 2.43. The fourth-order valence-corrected chi connectivity index (χ4v) is 2.43. The Morgan fingerprint density at radius 3 is 2.62 bits per heavy atom. The van der Waals surface area contributed by atoms with E-state index in [4.69, 9.17) is 5.73 Å². The predicted octanol–water partition coefficient (Wildman–Crippen LogP) is 1.44. The van der Waals surface area contributed by atoms with Crippen LogP contribution in [0.4, 0.5) is 19.0 Å². The van der Waals surface area contributed by atoms with Crippen LogP contribution < -0.4 is 15.5 Å². The predicted molar refractivity (Wildman–Crippen MR) is 75.4 cm³/mol. The van der Waals surface area contributed by atoms with Crippen LogP contribution in [0.25, 0.3) is 0 Å². The minimum absolute atomic E-state index is 0.110. The number of fused-ring (bicyclic) bond motifs is 1. The number of hydroxylamine groups is 1. The molecule has 2 heterocycles. The summed E-state index contributed by atoms with van der Waals surface area (Å²) in [4.78, 5) is 11.6. The minimum Gasteiger partial charge on any atom is -0.406 e. The zero-order valence-electron chi connectivity index (χ0n) is 12.2. The number of alkyl halides is 3. The highest BCUT2D eigenvalue weighted by atomic mass is 19.4. The van der Waals surface area contributed by atoms with Gasteiger partial charge in [0.2, 0.25) is 0 Å². The van der Waals surface area contributed by atoms with E-state index < -0.39 is 18.3 Å². The monoisotopic (exact) mass is 342 g/mol. The van der Waals surface area contributed by atoms with Gasteiger partial charge in [0, 0.05) is 18.2 Å². The third-order valence-electron chi connectivity index (χ3n) is 3.48. The molecule has 1 aliphatic rings. The quantitative estimate of drug-likeness (QED) is 0.823. The van der Waals surface area contributed by atoms with Crippen molar-refractivity contribution in [3.05, 3.63) is 41.6 Å². The minimum atomic E-state index is -4.74. The number of ether oxygens (including phenoxy) is 1. The maximum atomic E-state index is 12.1. The van der Waals surface area contributed by atoms with Crippen LogP contribution in [0.3, 0.4) is 0 Å². The molecule has 0 saturated heterocycles. The number of hydrogen-bond donors (Lipinski definition) is 2. The number of halogens is 3. The molecule has 24 heavy (non-hydrogen) atoms. The topological polar surface area (TPSA) is 93.6 Å². The molecule has 1 aromatic carbocycles. The lowest BCUT2D eigenvalue weighted by atomic mass is 10.1. The fraction of sp³-hybridized carbons (Fsp3) is 0.286. The van der Waals surface area contributed by atoms with Gasteiger partial charge in [-0.3, -0.25) is 14.7 Å². The van der Waals surface area contributed by atoms with Crippen molar-refractivity contribution in [2.75, 3.05) is 5.06 Å². The summed E-state index contributed by atoms with van der Waals surface area (Å²) in [6.07, 6.45) is -2.85. The van der Waals surface area contributed by atoms with E-state index in [0.29, 0.717) is 16.2 Å². The maximum absolute atomic E-state index is 12.1. The molecular formula is C14H13F3N4O3.